The molecule has 1 heterocycles. The van der Waals surface area contributed by atoms with Gasteiger partial charge in [0.1, 0.15) is 6.08 Å². The van der Waals surface area contributed by atoms with Crippen LogP contribution in [0.1, 0.15) is 18.7 Å². The lowest BCUT2D eigenvalue weighted by Crippen LogP contribution is -2.01. The average Bonchev–Trinajstić information content (AvgIpc) is 2.31. The molecule has 0 aliphatic rings. The fourth-order valence-electron chi connectivity index (χ4n) is 1.25. The van der Waals surface area contributed by atoms with Crippen molar-refractivity contribution in [1.82, 2.24) is 4.98 Å². The molecular weight excluding hydrogens is 174 g/mol. The van der Waals surface area contributed by atoms with Crippen LogP contribution in [-0.2, 0) is 0 Å². The molecule has 0 aliphatic heterocycles. The molecule has 0 bridgehead atoms. The molecule has 14 heavy (non-hydrogen) atoms. The summed E-state index contributed by atoms with van der Waals surface area (Å²) in [5.41, 5.74) is 0.847. The summed E-state index contributed by atoms with van der Waals surface area (Å²) < 4.78 is 7.90. The molecule has 1 aromatic carbocycles. The van der Waals surface area contributed by atoms with E-state index in [4.69, 9.17) is 1.37 Å². The Hall–Kier alpha value is -1.67. The second-order valence-electron chi connectivity index (χ2n) is 2.93. The van der Waals surface area contributed by atoms with Gasteiger partial charge >= 0.3 is 0 Å². The van der Waals surface area contributed by atoms with Crippen LogP contribution in [0.25, 0.3) is 0 Å². The Morgan fingerprint density at radius 2 is 1.79 bits per heavy atom. The monoisotopic (exact) mass is 186 g/mol. The Balaban J connectivity index is 2.44. The van der Waals surface area contributed by atoms with E-state index < -0.39 is 6.08 Å². The second-order valence-corrected chi connectivity index (χ2v) is 2.93. The van der Waals surface area contributed by atoms with Gasteiger partial charge in [0, 0.05) is 6.20 Å². The van der Waals surface area contributed by atoms with Gasteiger partial charge < -0.3 is 5.11 Å². The highest BCUT2D eigenvalue weighted by Gasteiger charge is 2.09. The van der Waals surface area contributed by atoms with E-state index in [2.05, 4.69) is 4.98 Å². The van der Waals surface area contributed by atoms with Crippen molar-refractivity contribution in [2.75, 3.05) is 0 Å². The summed E-state index contributed by atoms with van der Waals surface area (Å²) in [6, 6.07) is 14.0. The smallest absolute Gasteiger partial charge is 0.121 e. The zero-order valence-corrected chi connectivity index (χ0v) is 7.59. The normalized spacial score (nSPS) is 15.6. The molecule has 0 aliphatic carbocycles. The maximum absolute atomic E-state index is 10.1. The number of nitrogens with zero attached hydrogens (tertiary/aromatic N) is 1. The Labute approximate surface area is 84.3 Å². The first-order chi connectivity index (χ1) is 7.21. The van der Waals surface area contributed by atoms with Gasteiger partial charge in [-0.25, -0.2) is 0 Å². The van der Waals surface area contributed by atoms with Crippen LogP contribution in [-0.4, -0.2) is 10.1 Å². The maximum atomic E-state index is 10.1. The van der Waals surface area contributed by atoms with Gasteiger partial charge in [-0.05, 0) is 17.7 Å². The Morgan fingerprint density at radius 3 is 2.43 bits per heavy atom. The molecule has 0 spiro atoms. The van der Waals surface area contributed by atoms with E-state index >= 15 is 0 Å². The number of aromatic nitrogens is 1. The molecule has 1 atom stereocenters. The van der Waals surface area contributed by atoms with E-state index in [9.17, 15) is 5.11 Å². The van der Waals surface area contributed by atoms with Gasteiger partial charge in [-0.2, -0.15) is 0 Å². The first-order valence-corrected chi connectivity index (χ1v) is 4.40. The third-order valence-corrected chi connectivity index (χ3v) is 1.95. The first kappa shape index (κ1) is 7.71. The van der Waals surface area contributed by atoms with E-state index in [1.54, 1.807) is 48.7 Å². The molecule has 1 aromatic heterocycles. The topological polar surface area (TPSA) is 33.1 Å². The molecule has 2 aromatic rings. The van der Waals surface area contributed by atoms with Crippen LogP contribution in [0.4, 0.5) is 0 Å². The van der Waals surface area contributed by atoms with Gasteiger partial charge in [0.05, 0.1) is 7.06 Å². The van der Waals surface area contributed by atoms with E-state index in [1.165, 1.54) is 0 Å². The van der Waals surface area contributed by atoms with E-state index in [0.29, 0.717) is 11.3 Å². The maximum Gasteiger partial charge on any atom is 0.121 e. The van der Waals surface area contributed by atoms with Crippen LogP contribution >= 0.6 is 0 Å². The van der Waals surface area contributed by atoms with Crippen molar-refractivity contribution < 1.29 is 6.48 Å². The summed E-state index contributed by atoms with van der Waals surface area (Å²) in [7, 11) is 0. The standard InChI is InChI=1S/C12H11NO/c14-12(10-6-2-1-3-7-10)11-8-4-5-9-13-11/h1-9,12,14H/i12D. The molecule has 0 radical (unpaired) electrons. The van der Waals surface area contributed by atoms with Gasteiger partial charge in [-0.15, -0.1) is 0 Å². The highest BCUT2D eigenvalue weighted by molar-refractivity contribution is 5.25. The SMILES string of the molecule is [2H]C(O)(c1ccccc1)c1ccccn1. The number of benzene rings is 1. The van der Waals surface area contributed by atoms with E-state index in [1.807, 2.05) is 6.07 Å². The summed E-state index contributed by atoms with van der Waals surface area (Å²) in [5.74, 6) is 0. The minimum atomic E-state index is -1.78. The molecular formula is C12H11NO. The fourth-order valence-corrected chi connectivity index (χ4v) is 1.25. The largest absolute Gasteiger partial charge is 0.382 e. The summed E-state index contributed by atoms with van der Waals surface area (Å²) in [6.45, 7) is 0. The fraction of sp³-hybridized carbons (Fsp3) is 0.0833. The minimum Gasteiger partial charge on any atom is -0.382 e. The molecule has 0 amide bonds. The first-order valence-electron chi connectivity index (χ1n) is 4.90. The average molecular weight is 186 g/mol. The number of rotatable bonds is 2. The van der Waals surface area contributed by atoms with Crippen molar-refractivity contribution in [3.05, 3.63) is 66.0 Å². The zero-order chi connectivity index (χ0) is 10.7. The highest BCUT2D eigenvalue weighted by atomic mass is 16.3. The van der Waals surface area contributed by atoms with E-state index in [0.717, 1.165) is 0 Å². The molecule has 1 N–H and O–H groups in total. The van der Waals surface area contributed by atoms with Crippen LogP contribution < -0.4 is 0 Å². The lowest BCUT2D eigenvalue weighted by Gasteiger charge is -2.09. The summed E-state index contributed by atoms with van der Waals surface area (Å²) in [5, 5.41) is 10.1. The van der Waals surface area contributed by atoms with Gasteiger partial charge in [-0.3, -0.25) is 4.98 Å². The van der Waals surface area contributed by atoms with Gasteiger partial charge in [0.15, 0.2) is 0 Å². The lowest BCUT2D eigenvalue weighted by molar-refractivity contribution is 0.215. The van der Waals surface area contributed by atoms with Crippen LogP contribution in [0.3, 0.4) is 0 Å². The van der Waals surface area contributed by atoms with Gasteiger partial charge in [0.2, 0.25) is 0 Å². The van der Waals surface area contributed by atoms with Crippen LogP contribution in [0, 0.1) is 0 Å². The summed E-state index contributed by atoms with van der Waals surface area (Å²) in [4.78, 5) is 3.99. The van der Waals surface area contributed by atoms with Crippen molar-refractivity contribution in [2.45, 2.75) is 6.08 Å². The van der Waals surface area contributed by atoms with Crippen molar-refractivity contribution in [2.24, 2.45) is 0 Å². The molecule has 2 nitrogen and oxygen atoms in total. The number of aliphatic hydroxyl groups is 1. The highest BCUT2D eigenvalue weighted by Crippen LogP contribution is 2.18. The molecule has 0 fully saturated rings. The van der Waals surface area contributed by atoms with Crippen molar-refractivity contribution in [1.29, 1.82) is 0 Å². The van der Waals surface area contributed by atoms with Gasteiger partial charge in [0.25, 0.3) is 0 Å². The van der Waals surface area contributed by atoms with Crippen molar-refractivity contribution in [3.63, 3.8) is 0 Å². The summed E-state index contributed by atoms with van der Waals surface area (Å²) >= 11 is 0. The van der Waals surface area contributed by atoms with Crippen LogP contribution in [0.15, 0.2) is 54.7 Å². The Kier molecular flexibility index (Phi) is 2.22. The van der Waals surface area contributed by atoms with Gasteiger partial charge in [-0.1, -0.05) is 36.4 Å². The molecule has 1 unspecified atom stereocenters. The van der Waals surface area contributed by atoms with Crippen LogP contribution in [0.2, 0.25) is 0 Å². The predicted octanol–water partition coefficient (Wildman–Crippen LogP) is 2.16. The van der Waals surface area contributed by atoms with Crippen molar-refractivity contribution in [3.8, 4) is 0 Å². The van der Waals surface area contributed by atoms with E-state index in [-0.39, 0.29) is 0 Å². The predicted molar refractivity (Wildman–Crippen MR) is 54.7 cm³/mol. The summed E-state index contributed by atoms with van der Waals surface area (Å²) in [6.07, 6.45) is -0.208. The Morgan fingerprint density at radius 1 is 1.07 bits per heavy atom. The molecule has 0 saturated carbocycles. The number of hydrogen-bond acceptors (Lipinski definition) is 2. The zero-order valence-electron chi connectivity index (χ0n) is 8.59. The molecule has 0 saturated heterocycles. The Bertz CT molecular complexity index is 386. The molecule has 70 valence electrons. The third-order valence-electron chi connectivity index (χ3n) is 1.95. The number of pyridine rings is 1. The molecule has 2 rings (SSSR count). The van der Waals surface area contributed by atoms with Crippen LogP contribution in [0.5, 0.6) is 0 Å². The third kappa shape index (κ3) is 1.80. The lowest BCUT2D eigenvalue weighted by atomic mass is 10.1. The minimum absolute atomic E-state index is 0.330. The number of hydrogen-bond donors (Lipinski definition) is 1. The second kappa shape index (κ2) is 4.03. The quantitative estimate of drug-likeness (QED) is 0.779. The molecule has 2 heteroatoms. The van der Waals surface area contributed by atoms with Crippen molar-refractivity contribution >= 4 is 0 Å².